The number of piperidine rings is 1. The Morgan fingerprint density at radius 2 is 2.04 bits per heavy atom. The molecule has 6 nitrogen and oxygen atoms in total. The second kappa shape index (κ2) is 8.30. The molecule has 0 unspecified atom stereocenters. The number of hydrogen-bond donors (Lipinski definition) is 1. The predicted molar refractivity (Wildman–Crippen MR) is 105 cm³/mol. The minimum atomic E-state index is -0.0657. The molecule has 1 aromatic carbocycles. The zero-order valence-corrected chi connectivity index (χ0v) is 16.9. The fourth-order valence-electron chi connectivity index (χ4n) is 3.21. The zero-order chi connectivity index (χ0) is 19.4. The van der Waals surface area contributed by atoms with Crippen LogP contribution in [0.15, 0.2) is 28.7 Å². The largest absolute Gasteiger partial charge is 0.425 e. The highest BCUT2D eigenvalue weighted by Crippen LogP contribution is 2.27. The molecule has 2 amide bonds. The second-order valence-corrected chi connectivity index (χ2v) is 8.78. The average molecular weight is 391 g/mol. The van der Waals surface area contributed by atoms with Crippen LogP contribution in [0.1, 0.15) is 56.9 Å². The molecule has 0 radical (unpaired) electrons. The maximum atomic E-state index is 12.5. The summed E-state index contributed by atoms with van der Waals surface area (Å²) in [5.74, 6) is 1.41. The van der Waals surface area contributed by atoms with E-state index < -0.39 is 0 Å². The molecule has 1 saturated heterocycles. The Bertz CT molecular complexity index is 767. The third-order valence-corrected chi connectivity index (χ3v) is 4.83. The van der Waals surface area contributed by atoms with E-state index in [0.717, 1.165) is 31.4 Å². The number of nitrogens with zero attached hydrogens (tertiary/aromatic N) is 3. The van der Waals surface area contributed by atoms with E-state index in [-0.39, 0.29) is 17.4 Å². The SMILES string of the molecule is CC(C)(C)Cc1nnc([C@H]2CCCN(C(=O)NCc3ccc(Cl)cc3)C2)o1. The summed E-state index contributed by atoms with van der Waals surface area (Å²) >= 11 is 5.89. The van der Waals surface area contributed by atoms with Gasteiger partial charge in [-0.1, -0.05) is 44.5 Å². The molecule has 1 aliphatic rings. The lowest BCUT2D eigenvalue weighted by molar-refractivity contribution is 0.173. The highest BCUT2D eigenvalue weighted by atomic mass is 35.5. The predicted octanol–water partition coefficient (Wildman–Crippen LogP) is 4.40. The van der Waals surface area contributed by atoms with Crippen LogP contribution in [0.25, 0.3) is 0 Å². The number of likely N-dealkylation sites (tertiary alicyclic amines) is 1. The molecule has 1 fully saturated rings. The highest BCUT2D eigenvalue weighted by Gasteiger charge is 2.29. The van der Waals surface area contributed by atoms with E-state index in [1.54, 1.807) is 0 Å². The van der Waals surface area contributed by atoms with E-state index in [9.17, 15) is 4.79 Å². The molecule has 7 heteroatoms. The van der Waals surface area contributed by atoms with E-state index in [1.807, 2.05) is 29.2 Å². The van der Waals surface area contributed by atoms with Gasteiger partial charge in [0.2, 0.25) is 11.8 Å². The van der Waals surface area contributed by atoms with Crippen LogP contribution in [0, 0.1) is 5.41 Å². The summed E-state index contributed by atoms with van der Waals surface area (Å²) in [6.45, 7) is 8.25. The fraction of sp³-hybridized carbons (Fsp3) is 0.550. The molecule has 0 aliphatic carbocycles. The highest BCUT2D eigenvalue weighted by molar-refractivity contribution is 6.30. The lowest BCUT2D eigenvalue weighted by atomic mass is 9.92. The summed E-state index contributed by atoms with van der Waals surface area (Å²) in [6.07, 6.45) is 2.63. The minimum absolute atomic E-state index is 0.0657. The summed E-state index contributed by atoms with van der Waals surface area (Å²) in [6, 6.07) is 7.41. The molecule has 1 atom stereocenters. The van der Waals surface area contributed by atoms with Gasteiger partial charge in [0, 0.05) is 31.1 Å². The first kappa shape index (κ1) is 19.7. The number of carbonyl (C=O) groups is 1. The molecule has 1 aliphatic heterocycles. The lowest BCUT2D eigenvalue weighted by Gasteiger charge is -2.31. The number of rotatable bonds is 4. The number of benzene rings is 1. The van der Waals surface area contributed by atoms with Crippen molar-refractivity contribution in [2.75, 3.05) is 13.1 Å². The van der Waals surface area contributed by atoms with Crippen LogP contribution in [-0.4, -0.2) is 34.2 Å². The van der Waals surface area contributed by atoms with Crippen LogP contribution in [0.5, 0.6) is 0 Å². The molecule has 1 aromatic heterocycles. The summed E-state index contributed by atoms with van der Waals surface area (Å²) in [4.78, 5) is 14.4. The maximum Gasteiger partial charge on any atom is 0.317 e. The standard InChI is InChI=1S/C20H27ClN4O2/c1-20(2,3)11-17-23-24-18(27-17)15-5-4-10-25(13-15)19(26)22-12-14-6-8-16(21)9-7-14/h6-9,15H,4-5,10-13H2,1-3H3,(H,22,26)/t15-/m0/s1. The summed E-state index contributed by atoms with van der Waals surface area (Å²) in [5, 5.41) is 12.1. The van der Waals surface area contributed by atoms with Crippen LogP contribution in [0.4, 0.5) is 4.79 Å². The Morgan fingerprint density at radius 1 is 1.30 bits per heavy atom. The van der Waals surface area contributed by atoms with Crippen molar-refractivity contribution in [2.45, 2.75) is 52.5 Å². The fourth-order valence-corrected chi connectivity index (χ4v) is 3.34. The van der Waals surface area contributed by atoms with Gasteiger partial charge in [-0.05, 0) is 36.0 Å². The smallest absolute Gasteiger partial charge is 0.317 e. The normalized spacial score (nSPS) is 17.8. The second-order valence-electron chi connectivity index (χ2n) is 8.34. The van der Waals surface area contributed by atoms with E-state index in [2.05, 4.69) is 36.3 Å². The Kier molecular flexibility index (Phi) is 6.05. The zero-order valence-electron chi connectivity index (χ0n) is 16.2. The number of halogens is 1. The van der Waals surface area contributed by atoms with Crippen molar-refractivity contribution < 1.29 is 9.21 Å². The molecule has 146 valence electrons. The van der Waals surface area contributed by atoms with Crippen LogP contribution in [0.2, 0.25) is 5.02 Å². The summed E-state index contributed by atoms with van der Waals surface area (Å²) in [7, 11) is 0. The van der Waals surface area contributed by atoms with Crippen LogP contribution < -0.4 is 5.32 Å². The quantitative estimate of drug-likeness (QED) is 0.839. The molecule has 27 heavy (non-hydrogen) atoms. The van der Waals surface area contributed by atoms with Gasteiger partial charge in [0.1, 0.15) is 0 Å². The lowest BCUT2D eigenvalue weighted by Crippen LogP contribution is -2.44. The molecular formula is C20H27ClN4O2. The van der Waals surface area contributed by atoms with Gasteiger partial charge in [-0.3, -0.25) is 0 Å². The molecule has 1 N–H and O–H groups in total. The number of urea groups is 1. The van der Waals surface area contributed by atoms with Crippen LogP contribution in [0.3, 0.4) is 0 Å². The van der Waals surface area contributed by atoms with Gasteiger partial charge in [-0.15, -0.1) is 10.2 Å². The third-order valence-electron chi connectivity index (χ3n) is 4.58. The van der Waals surface area contributed by atoms with Crippen molar-refractivity contribution in [3.05, 3.63) is 46.6 Å². The minimum Gasteiger partial charge on any atom is -0.425 e. The summed E-state index contributed by atoms with van der Waals surface area (Å²) < 4.78 is 5.87. The Morgan fingerprint density at radius 3 is 2.74 bits per heavy atom. The number of amides is 2. The molecule has 0 saturated carbocycles. The van der Waals surface area contributed by atoms with Gasteiger partial charge in [0.25, 0.3) is 0 Å². The number of aromatic nitrogens is 2. The number of carbonyl (C=O) groups excluding carboxylic acids is 1. The van der Waals surface area contributed by atoms with E-state index in [4.69, 9.17) is 16.0 Å². The van der Waals surface area contributed by atoms with Crippen molar-refractivity contribution in [3.63, 3.8) is 0 Å². The van der Waals surface area contributed by atoms with E-state index in [1.165, 1.54) is 0 Å². The molecular weight excluding hydrogens is 364 g/mol. The molecule has 2 aromatic rings. The third kappa shape index (κ3) is 5.70. The number of nitrogens with one attached hydrogen (secondary N) is 1. The van der Waals surface area contributed by atoms with Crippen molar-refractivity contribution >= 4 is 17.6 Å². The maximum absolute atomic E-state index is 12.5. The Labute approximate surface area is 165 Å². The van der Waals surface area contributed by atoms with Gasteiger partial charge in [0.15, 0.2) is 0 Å². The first-order valence-corrected chi connectivity index (χ1v) is 9.77. The van der Waals surface area contributed by atoms with Crippen molar-refractivity contribution in [2.24, 2.45) is 5.41 Å². The topological polar surface area (TPSA) is 71.3 Å². The monoisotopic (exact) mass is 390 g/mol. The van der Waals surface area contributed by atoms with Crippen LogP contribution in [-0.2, 0) is 13.0 Å². The molecule has 2 heterocycles. The van der Waals surface area contributed by atoms with Gasteiger partial charge < -0.3 is 14.6 Å². The molecule has 0 bridgehead atoms. The van der Waals surface area contributed by atoms with Gasteiger partial charge in [-0.2, -0.15) is 0 Å². The van der Waals surface area contributed by atoms with Crippen LogP contribution >= 0.6 is 11.6 Å². The van der Waals surface area contributed by atoms with Gasteiger partial charge in [-0.25, -0.2) is 4.79 Å². The average Bonchev–Trinajstić information content (AvgIpc) is 3.07. The molecule has 3 rings (SSSR count). The Hall–Kier alpha value is -2.08. The summed E-state index contributed by atoms with van der Waals surface area (Å²) in [5.41, 5.74) is 1.12. The Balaban J connectivity index is 1.55. The van der Waals surface area contributed by atoms with Gasteiger partial charge >= 0.3 is 6.03 Å². The first-order chi connectivity index (χ1) is 12.8. The van der Waals surface area contributed by atoms with Gasteiger partial charge in [0.05, 0.1) is 5.92 Å². The first-order valence-electron chi connectivity index (χ1n) is 9.40. The van der Waals surface area contributed by atoms with Crippen molar-refractivity contribution in [3.8, 4) is 0 Å². The van der Waals surface area contributed by atoms with E-state index in [0.29, 0.717) is 29.9 Å². The molecule has 0 spiro atoms. The van der Waals surface area contributed by atoms with Crippen molar-refractivity contribution in [1.82, 2.24) is 20.4 Å². The van der Waals surface area contributed by atoms with E-state index >= 15 is 0 Å². The number of hydrogen-bond acceptors (Lipinski definition) is 4. The van der Waals surface area contributed by atoms with Crippen molar-refractivity contribution in [1.29, 1.82) is 0 Å².